The molecule has 1 aromatic carbocycles. The molecule has 0 spiro atoms. The molecule has 0 heterocycles. The molecule has 0 amide bonds. The van der Waals surface area contributed by atoms with Gasteiger partial charge in [-0.25, -0.2) is 0 Å². The van der Waals surface area contributed by atoms with Crippen molar-refractivity contribution in [1.29, 1.82) is 5.26 Å². The smallest absolute Gasteiger partial charge is 0.258 e. The predicted molar refractivity (Wildman–Crippen MR) is 75.6 cm³/mol. The van der Waals surface area contributed by atoms with Crippen molar-refractivity contribution in [3.63, 3.8) is 0 Å². The highest BCUT2D eigenvalue weighted by atomic mass is 79.9. The Labute approximate surface area is 120 Å². The number of benzene rings is 1. The highest BCUT2D eigenvalue weighted by Crippen LogP contribution is 2.40. The summed E-state index contributed by atoms with van der Waals surface area (Å²) in [5.74, 6) is 0. The fraction of sp³-hybridized carbons (Fsp3) is 0.500. The number of nitriles is 1. The van der Waals surface area contributed by atoms with Crippen LogP contribution in [0, 0.1) is 26.9 Å². The van der Waals surface area contributed by atoms with Gasteiger partial charge in [-0.2, -0.15) is 5.26 Å². The van der Waals surface area contributed by atoms with Crippen LogP contribution in [0.3, 0.4) is 0 Å². The number of rotatable bonds is 3. The summed E-state index contributed by atoms with van der Waals surface area (Å²) < 4.78 is 0.692. The molecule has 0 aliphatic heterocycles. The van der Waals surface area contributed by atoms with Gasteiger partial charge in [0.25, 0.3) is 5.69 Å². The maximum Gasteiger partial charge on any atom is 0.273 e. The van der Waals surface area contributed by atoms with Crippen molar-refractivity contribution in [2.45, 2.75) is 38.5 Å². The van der Waals surface area contributed by atoms with E-state index >= 15 is 0 Å². The van der Waals surface area contributed by atoms with Crippen LogP contribution in [-0.4, -0.2) is 4.92 Å². The molecule has 0 N–H and O–H groups in total. The first kappa shape index (κ1) is 14.0. The van der Waals surface area contributed by atoms with E-state index in [9.17, 15) is 15.4 Å². The molecule has 0 bridgehead atoms. The van der Waals surface area contributed by atoms with Crippen molar-refractivity contribution in [2.75, 3.05) is 0 Å². The summed E-state index contributed by atoms with van der Waals surface area (Å²) >= 11 is 3.25. The number of nitro benzene ring substituents is 1. The quantitative estimate of drug-likeness (QED) is 0.612. The van der Waals surface area contributed by atoms with Gasteiger partial charge in [0.2, 0.25) is 0 Å². The van der Waals surface area contributed by atoms with Gasteiger partial charge in [-0.05, 0) is 25.3 Å². The SMILES string of the molecule is N#CC1(Cc2ccc(Br)cc2[N+](=O)[O-])CCCCC1. The van der Waals surface area contributed by atoms with Crippen LogP contribution < -0.4 is 0 Å². The van der Waals surface area contributed by atoms with Crippen molar-refractivity contribution in [2.24, 2.45) is 5.41 Å². The first-order valence-corrected chi connectivity index (χ1v) is 7.20. The second kappa shape index (κ2) is 5.70. The molecular formula is C14H15BrN2O2. The standard InChI is InChI=1S/C14H15BrN2O2/c15-12-5-4-11(13(8-12)17(18)19)9-14(10-16)6-2-1-3-7-14/h4-5,8H,1-3,6-7,9H2. The second-order valence-corrected chi connectivity index (χ2v) is 6.08. The van der Waals surface area contributed by atoms with E-state index in [2.05, 4.69) is 22.0 Å². The maximum absolute atomic E-state index is 11.1. The van der Waals surface area contributed by atoms with Gasteiger partial charge in [0.15, 0.2) is 0 Å². The minimum atomic E-state index is -0.420. The van der Waals surface area contributed by atoms with Crippen LogP contribution in [0.15, 0.2) is 22.7 Å². The lowest BCUT2D eigenvalue weighted by Crippen LogP contribution is -2.25. The van der Waals surface area contributed by atoms with Crippen LogP contribution in [0.25, 0.3) is 0 Å². The second-order valence-electron chi connectivity index (χ2n) is 5.16. The summed E-state index contributed by atoms with van der Waals surface area (Å²) in [6, 6.07) is 7.49. The van der Waals surface area contributed by atoms with Gasteiger partial charge in [-0.15, -0.1) is 0 Å². The lowest BCUT2D eigenvalue weighted by atomic mass is 9.71. The number of nitrogens with zero attached hydrogens (tertiary/aromatic N) is 2. The number of halogens is 1. The van der Waals surface area contributed by atoms with Gasteiger partial charge in [0.05, 0.1) is 16.4 Å². The van der Waals surface area contributed by atoms with Gasteiger partial charge < -0.3 is 0 Å². The minimum Gasteiger partial charge on any atom is -0.258 e. The topological polar surface area (TPSA) is 66.9 Å². The van der Waals surface area contributed by atoms with Crippen molar-refractivity contribution in [1.82, 2.24) is 0 Å². The molecule has 1 saturated carbocycles. The molecule has 2 rings (SSSR count). The van der Waals surface area contributed by atoms with Gasteiger partial charge in [0.1, 0.15) is 0 Å². The molecular weight excluding hydrogens is 308 g/mol. The normalized spacial score (nSPS) is 17.7. The summed E-state index contributed by atoms with van der Waals surface area (Å²) in [4.78, 5) is 10.7. The lowest BCUT2D eigenvalue weighted by molar-refractivity contribution is -0.385. The Hall–Kier alpha value is -1.41. The van der Waals surface area contributed by atoms with Crippen molar-refractivity contribution >= 4 is 21.6 Å². The lowest BCUT2D eigenvalue weighted by Gasteiger charge is -2.30. The third-order valence-electron chi connectivity index (χ3n) is 3.82. The Morgan fingerprint density at radius 3 is 2.63 bits per heavy atom. The van der Waals surface area contributed by atoms with E-state index < -0.39 is 5.41 Å². The van der Waals surface area contributed by atoms with Crippen LogP contribution in [0.5, 0.6) is 0 Å². The van der Waals surface area contributed by atoms with Crippen LogP contribution in [0.2, 0.25) is 0 Å². The zero-order valence-electron chi connectivity index (χ0n) is 10.6. The van der Waals surface area contributed by atoms with Gasteiger partial charge in [0, 0.05) is 16.1 Å². The van der Waals surface area contributed by atoms with Crippen molar-refractivity contribution in [3.05, 3.63) is 38.3 Å². The van der Waals surface area contributed by atoms with Gasteiger partial charge in [-0.3, -0.25) is 10.1 Å². The van der Waals surface area contributed by atoms with Crippen LogP contribution in [-0.2, 0) is 6.42 Å². The molecule has 19 heavy (non-hydrogen) atoms. The van der Waals surface area contributed by atoms with E-state index in [1.807, 2.05) is 0 Å². The third-order valence-corrected chi connectivity index (χ3v) is 4.31. The van der Waals surface area contributed by atoms with Crippen molar-refractivity contribution in [3.8, 4) is 6.07 Å². The Bertz CT molecular complexity index is 531. The predicted octanol–water partition coefficient (Wildman–Crippen LogP) is 4.37. The molecule has 4 nitrogen and oxygen atoms in total. The first-order valence-electron chi connectivity index (χ1n) is 6.40. The molecule has 5 heteroatoms. The average Bonchev–Trinajstić information content (AvgIpc) is 2.42. The largest absolute Gasteiger partial charge is 0.273 e. The van der Waals surface area contributed by atoms with Gasteiger partial charge >= 0.3 is 0 Å². The zero-order valence-corrected chi connectivity index (χ0v) is 12.1. The maximum atomic E-state index is 11.1. The molecule has 1 fully saturated rings. The fourth-order valence-electron chi connectivity index (χ4n) is 2.78. The van der Waals surface area contributed by atoms with E-state index in [0.29, 0.717) is 16.5 Å². The Kier molecular flexibility index (Phi) is 4.20. The van der Waals surface area contributed by atoms with E-state index in [-0.39, 0.29) is 10.6 Å². The molecule has 0 radical (unpaired) electrons. The van der Waals surface area contributed by atoms with Crippen LogP contribution in [0.4, 0.5) is 5.69 Å². The molecule has 0 unspecified atom stereocenters. The fourth-order valence-corrected chi connectivity index (χ4v) is 3.13. The van der Waals surface area contributed by atoms with Crippen LogP contribution >= 0.6 is 15.9 Å². The van der Waals surface area contributed by atoms with E-state index in [0.717, 1.165) is 32.1 Å². The summed E-state index contributed by atoms with van der Waals surface area (Å²) in [6.45, 7) is 0. The number of hydrogen-bond donors (Lipinski definition) is 0. The van der Waals surface area contributed by atoms with E-state index in [1.165, 1.54) is 6.07 Å². The number of nitro groups is 1. The summed E-state index contributed by atoms with van der Waals surface area (Å²) in [7, 11) is 0. The van der Waals surface area contributed by atoms with Crippen molar-refractivity contribution < 1.29 is 4.92 Å². The summed E-state index contributed by atoms with van der Waals surface area (Å²) in [5.41, 5.74) is 0.350. The molecule has 100 valence electrons. The van der Waals surface area contributed by atoms with E-state index in [1.54, 1.807) is 12.1 Å². The van der Waals surface area contributed by atoms with E-state index in [4.69, 9.17) is 0 Å². The first-order chi connectivity index (χ1) is 9.06. The van der Waals surface area contributed by atoms with Gasteiger partial charge in [-0.1, -0.05) is 41.3 Å². The number of hydrogen-bond acceptors (Lipinski definition) is 3. The molecule has 1 aliphatic rings. The molecule has 1 aliphatic carbocycles. The third kappa shape index (κ3) is 3.13. The van der Waals surface area contributed by atoms with Crippen LogP contribution in [0.1, 0.15) is 37.7 Å². The summed E-state index contributed by atoms with van der Waals surface area (Å²) in [6.07, 6.45) is 5.40. The minimum absolute atomic E-state index is 0.106. The monoisotopic (exact) mass is 322 g/mol. The Morgan fingerprint density at radius 2 is 2.05 bits per heavy atom. The Morgan fingerprint density at radius 1 is 1.37 bits per heavy atom. The molecule has 0 atom stereocenters. The Balaban J connectivity index is 2.32. The molecule has 1 aromatic rings. The summed E-state index contributed by atoms with van der Waals surface area (Å²) in [5, 5.41) is 20.6. The highest BCUT2D eigenvalue weighted by Gasteiger charge is 2.34. The highest BCUT2D eigenvalue weighted by molar-refractivity contribution is 9.10. The average molecular weight is 323 g/mol. The molecule has 0 aromatic heterocycles. The molecule has 0 saturated heterocycles. The zero-order chi connectivity index (χ0) is 13.9.